The number of rotatable bonds is 4. The Morgan fingerprint density at radius 2 is 1.77 bits per heavy atom. The van der Waals surface area contributed by atoms with Crippen molar-refractivity contribution in [3.05, 3.63) is 71.3 Å². The van der Waals surface area contributed by atoms with E-state index in [1.54, 1.807) is 0 Å². The quantitative estimate of drug-likeness (QED) is 0.923. The fourth-order valence-electron chi connectivity index (χ4n) is 4.23. The van der Waals surface area contributed by atoms with Gasteiger partial charge in [0.1, 0.15) is 0 Å². The summed E-state index contributed by atoms with van der Waals surface area (Å²) >= 11 is 0. The highest BCUT2D eigenvalue weighted by molar-refractivity contribution is 5.94. The van der Waals surface area contributed by atoms with E-state index in [0.29, 0.717) is 13.1 Å². The summed E-state index contributed by atoms with van der Waals surface area (Å²) in [6.45, 7) is 4.58. The van der Waals surface area contributed by atoms with Crippen molar-refractivity contribution in [2.24, 2.45) is 5.73 Å². The van der Waals surface area contributed by atoms with Gasteiger partial charge in [-0.25, -0.2) is 0 Å². The molecule has 2 N–H and O–H groups in total. The predicted molar refractivity (Wildman–Crippen MR) is 104 cm³/mol. The van der Waals surface area contributed by atoms with Crippen LogP contribution in [0.4, 0.5) is 0 Å². The number of benzene rings is 2. The molecule has 2 aromatic rings. The first kappa shape index (κ1) is 17.3. The Bertz CT molecular complexity index is 755. The minimum absolute atomic E-state index is 0.00543. The smallest absolute Gasteiger partial charge is 0.253 e. The minimum atomic E-state index is -0.00543. The van der Waals surface area contributed by atoms with Crippen LogP contribution in [-0.2, 0) is 6.54 Å². The number of likely N-dealkylation sites (tertiary alicyclic amines) is 2. The molecule has 0 aromatic heterocycles. The highest BCUT2D eigenvalue weighted by atomic mass is 16.2. The van der Waals surface area contributed by atoms with E-state index in [2.05, 4.69) is 29.2 Å². The Hall–Kier alpha value is -2.17. The molecule has 4 nitrogen and oxygen atoms in total. The highest BCUT2D eigenvalue weighted by Gasteiger charge is 2.34. The van der Waals surface area contributed by atoms with Gasteiger partial charge in [0.05, 0.1) is 0 Å². The van der Waals surface area contributed by atoms with Crippen LogP contribution in [0.15, 0.2) is 54.6 Å². The van der Waals surface area contributed by atoms with Gasteiger partial charge in [-0.2, -0.15) is 0 Å². The van der Waals surface area contributed by atoms with Gasteiger partial charge in [0.15, 0.2) is 0 Å². The van der Waals surface area contributed by atoms with E-state index in [9.17, 15) is 4.79 Å². The average Bonchev–Trinajstić information content (AvgIpc) is 3.32. The van der Waals surface area contributed by atoms with Crippen LogP contribution in [-0.4, -0.2) is 47.9 Å². The summed E-state index contributed by atoms with van der Waals surface area (Å²) in [7, 11) is 0. The van der Waals surface area contributed by atoms with Gasteiger partial charge < -0.3 is 10.6 Å². The lowest BCUT2D eigenvalue weighted by Gasteiger charge is -2.18. The molecule has 2 fully saturated rings. The highest BCUT2D eigenvalue weighted by Crippen LogP contribution is 2.27. The van der Waals surface area contributed by atoms with Crippen LogP contribution in [0.25, 0.3) is 0 Å². The van der Waals surface area contributed by atoms with Gasteiger partial charge in [-0.1, -0.05) is 42.5 Å². The fraction of sp³-hybridized carbons (Fsp3) is 0.409. The lowest BCUT2D eigenvalue weighted by molar-refractivity contribution is 0.0789. The van der Waals surface area contributed by atoms with Gasteiger partial charge in [0, 0.05) is 37.2 Å². The number of carbonyl (C=O) groups is 1. The molecule has 2 atom stereocenters. The summed E-state index contributed by atoms with van der Waals surface area (Å²) in [4.78, 5) is 17.4. The van der Waals surface area contributed by atoms with Crippen molar-refractivity contribution in [1.29, 1.82) is 0 Å². The molecule has 4 heteroatoms. The van der Waals surface area contributed by atoms with Crippen LogP contribution in [0.5, 0.6) is 0 Å². The molecule has 0 saturated carbocycles. The lowest BCUT2D eigenvalue weighted by Crippen LogP contribution is -2.32. The third-order valence-electron chi connectivity index (χ3n) is 5.66. The Balaban J connectivity index is 1.46. The fourth-order valence-corrected chi connectivity index (χ4v) is 4.23. The molecule has 2 saturated heterocycles. The summed E-state index contributed by atoms with van der Waals surface area (Å²) < 4.78 is 0. The van der Waals surface area contributed by atoms with Gasteiger partial charge in [0.2, 0.25) is 0 Å². The maximum Gasteiger partial charge on any atom is 0.253 e. The van der Waals surface area contributed by atoms with E-state index in [0.717, 1.165) is 25.2 Å². The van der Waals surface area contributed by atoms with E-state index in [1.165, 1.54) is 24.0 Å². The third kappa shape index (κ3) is 3.67. The van der Waals surface area contributed by atoms with Crippen LogP contribution in [0.2, 0.25) is 0 Å². The normalized spacial score (nSPS) is 23.5. The summed E-state index contributed by atoms with van der Waals surface area (Å²) in [5.41, 5.74) is 9.58. The number of hydrogen-bond donors (Lipinski definition) is 1. The Kier molecular flexibility index (Phi) is 5.05. The number of nitrogens with two attached hydrogens (primary N) is 1. The molecule has 2 aliphatic rings. The maximum atomic E-state index is 13.0. The summed E-state index contributed by atoms with van der Waals surface area (Å²) in [5.74, 6) is 0.315. The Labute approximate surface area is 155 Å². The predicted octanol–water partition coefficient (Wildman–Crippen LogP) is 2.85. The number of amides is 1. The Morgan fingerprint density at radius 1 is 1.00 bits per heavy atom. The third-order valence-corrected chi connectivity index (χ3v) is 5.66. The molecule has 2 heterocycles. The van der Waals surface area contributed by atoms with Crippen molar-refractivity contribution in [2.45, 2.75) is 31.3 Å². The largest absolute Gasteiger partial charge is 0.336 e. The molecule has 26 heavy (non-hydrogen) atoms. The summed E-state index contributed by atoms with van der Waals surface area (Å²) in [6, 6.07) is 18.4. The first-order valence-corrected chi connectivity index (χ1v) is 9.62. The summed E-state index contributed by atoms with van der Waals surface area (Å²) in [5, 5.41) is 0. The van der Waals surface area contributed by atoms with Crippen molar-refractivity contribution in [3.63, 3.8) is 0 Å². The van der Waals surface area contributed by atoms with Crippen LogP contribution < -0.4 is 5.73 Å². The van der Waals surface area contributed by atoms with Crippen molar-refractivity contribution in [1.82, 2.24) is 9.80 Å². The number of carbonyl (C=O) groups excluding carboxylic acids is 1. The lowest BCUT2D eigenvalue weighted by atomic mass is 9.95. The van der Waals surface area contributed by atoms with Crippen molar-refractivity contribution >= 4 is 5.91 Å². The van der Waals surface area contributed by atoms with E-state index in [-0.39, 0.29) is 17.9 Å². The second kappa shape index (κ2) is 7.60. The molecule has 1 amide bonds. The van der Waals surface area contributed by atoms with Crippen molar-refractivity contribution in [3.8, 4) is 0 Å². The van der Waals surface area contributed by atoms with Crippen LogP contribution in [0.3, 0.4) is 0 Å². The monoisotopic (exact) mass is 349 g/mol. The van der Waals surface area contributed by atoms with Crippen LogP contribution in [0.1, 0.15) is 40.2 Å². The number of nitrogens with zero attached hydrogens (tertiary/aromatic N) is 2. The molecular weight excluding hydrogens is 322 g/mol. The maximum absolute atomic E-state index is 13.0. The minimum Gasteiger partial charge on any atom is -0.336 e. The molecule has 2 aliphatic heterocycles. The average molecular weight is 349 g/mol. The van der Waals surface area contributed by atoms with E-state index in [1.807, 2.05) is 35.2 Å². The zero-order valence-corrected chi connectivity index (χ0v) is 15.2. The van der Waals surface area contributed by atoms with Crippen molar-refractivity contribution in [2.75, 3.05) is 26.2 Å². The van der Waals surface area contributed by atoms with Gasteiger partial charge in [-0.3, -0.25) is 9.69 Å². The second-order valence-electron chi connectivity index (χ2n) is 7.57. The van der Waals surface area contributed by atoms with E-state index < -0.39 is 0 Å². The Morgan fingerprint density at radius 3 is 2.54 bits per heavy atom. The van der Waals surface area contributed by atoms with Crippen LogP contribution in [0, 0.1) is 0 Å². The van der Waals surface area contributed by atoms with E-state index >= 15 is 0 Å². The van der Waals surface area contributed by atoms with Gasteiger partial charge >= 0.3 is 0 Å². The topological polar surface area (TPSA) is 49.6 Å². The molecular formula is C22H27N3O. The van der Waals surface area contributed by atoms with Gasteiger partial charge in [0.25, 0.3) is 5.91 Å². The molecule has 0 aliphatic carbocycles. The molecule has 2 aromatic carbocycles. The second-order valence-corrected chi connectivity index (χ2v) is 7.57. The standard InChI is InChI=1S/C22H27N3O/c23-21-16-25(15-20(21)18-8-2-1-3-9-18)22(26)19-10-6-7-17(13-19)14-24-11-4-5-12-24/h1-3,6-10,13,20-21H,4-5,11-12,14-16,23H2/t20-,21+/m0/s1. The zero-order chi connectivity index (χ0) is 17.9. The summed E-state index contributed by atoms with van der Waals surface area (Å²) in [6.07, 6.45) is 2.57. The van der Waals surface area contributed by atoms with Gasteiger partial charge in [-0.15, -0.1) is 0 Å². The first-order valence-electron chi connectivity index (χ1n) is 9.62. The van der Waals surface area contributed by atoms with Gasteiger partial charge in [-0.05, 0) is 49.2 Å². The molecule has 136 valence electrons. The zero-order valence-electron chi connectivity index (χ0n) is 15.2. The van der Waals surface area contributed by atoms with Crippen LogP contribution >= 0.6 is 0 Å². The SMILES string of the molecule is N[C@@H]1CN(C(=O)c2cccc(CN3CCCC3)c2)C[C@H]1c1ccccc1. The number of hydrogen-bond acceptors (Lipinski definition) is 3. The molecule has 0 radical (unpaired) electrons. The molecule has 0 bridgehead atoms. The van der Waals surface area contributed by atoms with Crippen molar-refractivity contribution < 1.29 is 4.79 Å². The molecule has 0 unspecified atom stereocenters. The van der Waals surface area contributed by atoms with E-state index in [4.69, 9.17) is 5.73 Å². The first-order chi connectivity index (χ1) is 12.7. The molecule has 4 rings (SSSR count). The molecule has 0 spiro atoms.